The maximum Gasteiger partial charge on any atom is 0.233 e. The number of rotatable bonds is 5. The summed E-state index contributed by atoms with van der Waals surface area (Å²) in [6, 6.07) is 12.2. The van der Waals surface area contributed by atoms with Crippen molar-refractivity contribution in [3.8, 4) is 10.6 Å². The summed E-state index contributed by atoms with van der Waals surface area (Å²) in [6.45, 7) is 2.03. The van der Waals surface area contributed by atoms with Gasteiger partial charge in [0, 0.05) is 17.2 Å². The van der Waals surface area contributed by atoms with Crippen molar-refractivity contribution >= 4 is 39.6 Å². The molecule has 28 heavy (non-hydrogen) atoms. The predicted octanol–water partition coefficient (Wildman–Crippen LogP) is 4.57. The van der Waals surface area contributed by atoms with Crippen molar-refractivity contribution in [1.82, 2.24) is 10.3 Å². The molecule has 0 fully saturated rings. The zero-order valence-electron chi connectivity index (χ0n) is 15.5. The van der Waals surface area contributed by atoms with Crippen LogP contribution in [-0.4, -0.2) is 16.8 Å². The highest BCUT2D eigenvalue weighted by molar-refractivity contribution is 7.17. The van der Waals surface area contributed by atoms with Crippen LogP contribution in [0.2, 0.25) is 0 Å². The van der Waals surface area contributed by atoms with Gasteiger partial charge in [-0.15, -0.1) is 22.7 Å². The summed E-state index contributed by atoms with van der Waals surface area (Å²) in [6.07, 6.45) is 2.95. The van der Waals surface area contributed by atoms with Crippen LogP contribution < -0.4 is 10.6 Å². The zero-order chi connectivity index (χ0) is 19.5. The van der Waals surface area contributed by atoms with E-state index < -0.39 is 0 Å². The van der Waals surface area contributed by atoms with Crippen LogP contribution in [0.4, 0.5) is 5.13 Å². The zero-order valence-corrected chi connectivity index (χ0v) is 17.2. The average Bonchev–Trinajstić information content (AvgIpc) is 3.35. The van der Waals surface area contributed by atoms with Gasteiger partial charge in [-0.25, -0.2) is 4.98 Å². The Kier molecular flexibility index (Phi) is 5.54. The Morgan fingerprint density at radius 3 is 2.93 bits per heavy atom. The van der Waals surface area contributed by atoms with Crippen LogP contribution in [0.3, 0.4) is 0 Å². The van der Waals surface area contributed by atoms with E-state index in [9.17, 15) is 9.59 Å². The molecule has 0 saturated carbocycles. The van der Waals surface area contributed by atoms with Gasteiger partial charge < -0.3 is 10.6 Å². The lowest BCUT2D eigenvalue weighted by molar-refractivity contribution is -0.119. The molecule has 3 aromatic rings. The van der Waals surface area contributed by atoms with E-state index in [0.29, 0.717) is 11.7 Å². The standard InChI is InChI=1S/C21H21N3O2S2/c1-13(25)22-11-15-9-10-19(28-15)18-12-27-21(23-18)24-20(26)17-8-4-6-14-5-2-3-7-16(14)17/h2-3,5,7,9-10,12,17H,4,6,8,11H2,1H3,(H,22,25)(H,23,24,26). The van der Waals surface area contributed by atoms with Crippen molar-refractivity contribution in [2.45, 2.75) is 38.6 Å². The number of nitrogens with one attached hydrogen (secondary N) is 2. The highest BCUT2D eigenvalue weighted by Crippen LogP contribution is 2.34. The van der Waals surface area contributed by atoms with Crippen LogP contribution in [0.1, 0.15) is 41.7 Å². The number of fused-ring (bicyclic) bond motifs is 1. The molecule has 144 valence electrons. The normalized spacial score (nSPS) is 15.7. The number of benzene rings is 1. The van der Waals surface area contributed by atoms with E-state index in [0.717, 1.165) is 40.3 Å². The number of hydrogen-bond donors (Lipinski definition) is 2. The summed E-state index contributed by atoms with van der Waals surface area (Å²) in [5, 5.41) is 8.39. The van der Waals surface area contributed by atoms with Gasteiger partial charge >= 0.3 is 0 Å². The van der Waals surface area contributed by atoms with Crippen LogP contribution in [0.25, 0.3) is 10.6 Å². The number of aryl methyl sites for hydroxylation is 1. The smallest absolute Gasteiger partial charge is 0.233 e. The summed E-state index contributed by atoms with van der Waals surface area (Å²) in [5.41, 5.74) is 3.27. The number of carbonyl (C=O) groups excluding carboxylic acids is 2. The molecule has 5 nitrogen and oxygen atoms in total. The third-order valence-electron chi connectivity index (χ3n) is 4.85. The van der Waals surface area contributed by atoms with Gasteiger partial charge in [-0.3, -0.25) is 9.59 Å². The predicted molar refractivity (Wildman–Crippen MR) is 114 cm³/mol. The van der Waals surface area contributed by atoms with E-state index in [-0.39, 0.29) is 17.7 Å². The summed E-state index contributed by atoms with van der Waals surface area (Å²) in [5.74, 6) is -0.133. The first-order chi connectivity index (χ1) is 13.6. The van der Waals surface area contributed by atoms with E-state index in [1.54, 1.807) is 11.3 Å². The molecule has 2 amide bonds. The third kappa shape index (κ3) is 4.15. The number of thiazole rings is 1. The molecule has 0 radical (unpaired) electrons. The second kappa shape index (κ2) is 8.24. The summed E-state index contributed by atoms with van der Waals surface area (Å²) < 4.78 is 0. The van der Waals surface area contributed by atoms with Crippen LogP contribution in [0.5, 0.6) is 0 Å². The van der Waals surface area contributed by atoms with E-state index in [1.165, 1.54) is 23.8 Å². The first kappa shape index (κ1) is 18.8. The van der Waals surface area contributed by atoms with Gasteiger partial charge in [0.2, 0.25) is 11.8 Å². The Morgan fingerprint density at radius 2 is 2.07 bits per heavy atom. The molecule has 1 aliphatic carbocycles. The summed E-state index contributed by atoms with van der Waals surface area (Å²) >= 11 is 3.04. The Hall–Kier alpha value is -2.51. The Bertz CT molecular complexity index is 1010. The van der Waals surface area contributed by atoms with Crippen molar-refractivity contribution in [2.75, 3.05) is 5.32 Å². The highest BCUT2D eigenvalue weighted by Gasteiger charge is 2.26. The molecule has 2 heterocycles. The molecule has 2 N–H and O–H groups in total. The topological polar surface area (TPSA) is 71.1 Å². The van der Waals surface area contributed by atoms with Gasteiger partial charge in [0.15, 0.2) is 5.13 Å². The lowest BCUT2D eigenvalue weighted by atomic mass is 9.82. The number of hydrogen-bond acceptors (Lipinski definition) is 5. The van der Waals surface area contributed by atoms with Gasteiger partial charge in [-0.05, 0) is 42.5 Å². The molecule has 1 unspecified atom stereocenters. The molecule has 2 aromatic heterocycles. The maximum atomic E-state index is 12.8. The van der Waals surface area contributed by atoms with Crippen molar-refractivity contribution in [3.05, 3.63) is 57.8 Å². The van der Waals surface area contributed by atoms with E-state index in [4.69, 9.17) is 0 Å². The second-order valence-electron chi connectivity index (χ2n) is 6.85. The lowest BCUT2D eigenvalue weighted by Gasteiger charge is -2.24. The van der Waals surface area contributed by atoms with Crippen LogP contribution in [0.15, 0.2) is 41.8 Å². The minimum atomic E-state index is -0.108. The molecule has 0 aliphatic heterocycles. The van der Waals surface area contributed by atoms with Crippen molar-refractivity contribution < 1.29 is 9.59 Å². The lowest BCUT2D eigenvalue weighted by Crippen LogP contribution is -2.24. The fourth-order valence-corrected chi connectivity index (χ4v) is 5.18. The third-order valence-corrected chi connectivity index (χ3v) is 6.71. The highest BCUT2D eigenvalue weighted by atomic mass is 32.1. The van der Waals surface area contributed by atoms with Crippen molar-refractivity contribution in [3.63, 3.8) is 0 Å². The molecule has 0 bridgehead atoms. The maximum absolute atomic E-state index is 12.8. The van der Waals surface area contributed by atoms with Gasteiger partial charge in [0.25, 0.3) is 0 Å². The first-order valence-electron chi connectivity index (χ1n) is 9.28. The molecule has 0 spiro atoms. The summed E-state index contributed by atoms with van der Waals surface area (Å²) in [4.78, 5) is 30.6. The molecular formula is C21H21N3O2S2. The second-order valence-corrected chi connectivity index (χ2v) is 8.87. The number of anilines is 1. The minimum absolute atomic E-state index is 0.0191. The number of nitrogens with zero attached hydrogens (tertiary/aromatic N) is 1. The fraction of sp³-hybridized carbons (Fsp3) is 0.286. The van der Waals surface area contributed by atoms with Gasteiger partial charge in [0.05, 0.1) is 23.0 Å². The van der Waals surface area contributed by atoms with E-state index in [1.807, 2.05) is 29.6 Å². The molecule has 1 aromatic carbocycles. The number of amides is 2. The van der Waals surface area contributed by atoms with E-state index in [2.05, 4.69) is 27.8 Å². The minimum Gasteiger partial charge on any atom is -0.351 e. The van der Waals surface area contributed by atoms with Crippen LogP contribution in [-0.2, 0) is 22.6 Å². The van der Waals surface area contributed by atoms with Crippen LogP contribution in [0, 0.1) is 0 Å². The Balaban J connectivity index is 1.44. The average molecular weight is 412 g/mol. The van der Waals surface area contributed by atoms with Gasteiger partial charge in [-0.2, -0.15) is 0 Å². The number of aromatic nitrogens is 1. The molecule has 0 saturated heterocycles. The van der Waals surface area contributed by atoms with Crippen LogP contribution >= 0.6 is 22.7 Å². The Labute approximate surface area is 171 Å². The quantitative estimate of drug-likeness (QED) is 0.646. The fourth-order valence-electron chi connectivity index (χ4n) is 3.49. The number of thiophene rings is 1. The van der Waals surface area contributed by atoms with Crippen molar-refractivity contribution in [1.29, 1.82) is 0 Å². The van der Waals surface area contributed by atoms with Gasteiger partial charge in [-0.1, -0.05) is 24.3 Å². The van der Waals surface area contributed by atoms with Crippen molar-refractivity contribution in [2.24, 2.45) is 0 Å². The largest absolute Gasteiger partial charge is 0.351 e. The molecule has 1 atom stereocenters. The SMILES string of the molecule is CC(=O)NCc1ccc(-c2csc(NC(=O)C3CCCc4ccccc43)n2)s1. The number of carbonyl (C=O) groups is 2. The monoisotopic (exact) mass is 411 g/mol. The molecular weight excluding hydrogens is 390 g/mol. The summed E-state index contributed by atoms with van der Waals surface area (Å²) in [7, 11) is 0. The molecule has 4 rings (SSSR count). The molecule has 1 aliphatic rings. The van der Waals surface area contributed by atoms with E-state index >= 15 is 0 Å². The van der Waals surface area contributed by atoms with Gasteiger partial charge in [0.1, 0.15) is 0 Å². The first-order valence-corrected chi connectivity index (χ1v) is 11.0. The molecule has 7 heteroatoms. The Morgan fingerprint density at radius 1 is 1.21 bits per heavy atom.